The number of hydrogen-bond donors (Lipinski definition) is 0. The fourth-order valence-electron chi connectivity index (χ4n) is 5.31. The Bertz CT molecular complexity index is 671. The summed E-state index contributed by atoms with van der Waals surface area (Å²) in [5.74, 6) is 0. The summed E-state index contributed by atoms with van der Waals surface area (Å²) in [4.78, 5) is 0. The van der Waals surface area contributed by atoms with Gasteiger partial charge in [-0.05, 0) is 62.5 Å². The minimum atomic E-state index is -0.0967. The van der Waals surface area contributed by atoms with Gasteiger partial charge in [-0.1, -0.05) is 90.1 Å². The lowest BCUT2D eigenvalue weighted by molar-refractivity contribution is 0.917. The molecular formula is C24H36P2. The predicted molar refractivity (Wildman–Crippen MR) is 123 cm³/mol. The highest BCUT2D eigenvalue weighted by Crippen LogP contribution is 2.61. The molecule has 0 radical (unpaired) electrons. The molecule has 0 N–H and O–H groups in total. The van der Waals surface area contributed by atoms with Crippen molar-refractivity contribution >= 4 is 26.5 Å². The average molecular weight is 387 g/mol. The maximum atomic E-state index is 2.51. The molecule has 1 aromatic carbocycles. The lowest BCUT2D eigenvalue weighted by Gasteiger charge is -2.30. The Kier molecular flexibility index (Phi) is 6.16. The van der Waals surface area contributed by atoms with E-state index in [1.54, 1.807) is 32.9 Å². The van der Waals surface area contributed by atoms with Crippen LogP contribution in [0.1, 0.15) is 68.2 Å². The number of allylic oxidation sites excluding steroid dienone is 4. The molecule has 6 atom stereocenters. The quantitative estimate of drug-likeness (QED) is 0.382. The van der Waals surface area contributed by atoms with Gasteiger partial charge in [-0.3, -0.25) is 0 Å². The molecule has 2 fully saturated rings. The van der Waals surface area contributed by atoms with Gasteiger partial charge in [-0.2, -0.15) is 0 Å². The summed E-state index contributed by atoms with van der Waals surface area (Å²) >= 11 is 0. The van der Waals surface area contributed by atoms with E-state index in [2.05, 4.69) is 79.7 Å². The zero-order valence-corrected chi connectivity index (χ0v) is 19.7. The first-order valence-corrected chi connectivity index (χ1v) is 13.2. The number of hydrogen-bond acceptors (Lipinski definition) is 0. The number of rotatable bonds is 2. The smallest absolute Gasteiger partial charge is 0.00178 e. The fourth-order valence-corrected chi connectivity index (χ4v) is 12.7. The van der Waals surface area contributed by atoms with Gasteiger partial charge >= 0.3 is 0 Å². The van der Waals surface area contributed by atoms with E-state index >= 15 is 0 Å². The fraction of sp³-hybridized carbons (Fsp3) is 0.583. The standard InChI is InChI=1S/C24H36P2/c1-15(2)21-13-17(5)25(19(21)7)23-11-9-10-12-24(23)26-18(6)14-22(16(3)4)20(26)8/h9-12,17-20H,13-14H2,1-8H3/t17-,18-,19-,20-,25?,26?/m0/s1. The Morgan fingerprint density at radius 2 is 1.04 bits per heavy atom. The van der Waals surface area contributed by atoms with Gasteiger partial charge < -0.3 is 0 Å². The minimum Gasteiger partial charge on any atom is -0.0766 e. The molecule has 3 rings (SSSR count). The van der Waals surface area contributed by atoms with Gasteiger partial charge in [-0.25, -0.2) is 0 Å². The topological polar surface area (TPSA) is 0 Å². The average Bonchev–Trinajstić information content (AvgIpc) is 3.04. The molecule has 2 heteroatoms. The van der Waals surface area contributed by atoms with Crippen molar-refractivity contribution in [2.45, 2.75) is 90.9 Å². The second-order valence-electron chi connectivity index (χ2n) is 8.81. The molecule has 0 saturated carbocycles. The molecule has 2 aliphatic heterocycles. The molecule has 2 heterocycles. The van der Waals surface area contributed by atoms with Gasteiger partial charge in [0.2, 0.25) is 0 Å². The molecule has 26 heavy (non-hydrogen) atoms. The van der Waals surface area contributed by atoms with Crippen LogP contribution in [0.2, 0.25) is 0 Å². The second kappa shape index (κ2) is 7.89. The lowest BCUT2D eigenvalue weighted by Crippen LogP contribution is -2.28. The summed E-state index contributed by atoms with van der Waals surface area (Å²) in [7, 11) is -0.193. The van der Waals surface area contributed by atoms with Crippen LogP contribution in [0.15, 0.2) is 46.6 Å². The molecule has 0 aromatic heterocycles. The summed E-state index contributed by atoms with van der Waals surface area (Å²) in [6.07, 6.45) is 2.62. The van der Waals surface area contributed by atoms with Crippen molar-refractivity contribution in [3.05, 3.63) is 46.6 Å². The third kappa shape index (κ3) is 3.50. The van der Waals surface area contributed by atoms with E-state index in [4.69, 9.17) is 0 Å². The van der Waals surface area contributed by atoms with Crippen molar-refractivity contribution in [2.75, 3.05) is 0 Å². The second-order valence-corrected chi connectivity index (χ2v) is 14.7. The Morgan fingerprint density at radius 1 is 0.692 bits per heavy atom. The van der Waals surface area contributed by atoms with Crippen molar-refractivity contribution < 1.29 is 0 Å². The van der Waals surface area contributed by atoms with Crippen LogP contribution in [0.4, 0.5) is 0 Å². The third-order valence-corrected chi connectivity index (χ3v) is 13.2. The summed E-state index contributed by atoms with van der Waals surface area (Å²) < 4.78 is 0. The molecule has 1 aromatic rings. The van der Waals surface area contributed by atoms with E-state index in [1.165, 1.54) is 12.8 Å². The first-order valence-electron chi connectivity index (χ1n) is 10.2. The normalized spacial score (nSPS) is 34.5. The van der Waals surface area contributed by atoms with Crippen molar-refractivity contribution in [1.82, 2.24) is 0 Å². The van der Waals surface area contributed by atoms with E-state index in [9.17, 15) is 0 Å². The zero-order valence-electron chi connectivity index (χ0n) is 17.9. The van der Waals surface area contributed by atoms with Crippen LogP contribution in [0.3, 0.4) is 0 Å². The molecular weight excluding hydrogens is 350 g/mol. The Labute approximate surface area is 164 Å². The summed E-state index contributed by atoms with van der Waals surface area (Å²) in [5.41, 5.74) is 9.73. The maximum Gasteiger partial charge on any atom is 0.00178 e. The van der Waals surface area contributed by atoms with Crippen molar-refractivity contribution in [3.8, 4) is 0 Å². The van der Waals surface area contributed by atoms with Gasteiger partial charge in [-0.15, -0.1) is 0 Å². The van der Waals surface area contributed by atoms with E-state index in [1.807, 2.05) is 0 Å². The van der Waals surface area contributed by atoms with E-state index in [-0.39, 0.29) is 15.8 Å². The van der Waals surface area contributed by atoms with Crippen LogP contribution in [-0.4, -0.2) is 22.6 Å². The van der Waals surface area contributed by atoms with Crippen LogP contribution >= 0.6 is 15.8 Å². The lowest BCUT2D eigenvalue weighted by atomic mass is 10.0. The van der Waals surface area contributed by atoms with Crippen LogP contribution in [0, 0.1) is 0 Å². The third-order valence-electron chi connectivity index (χ3n) is 6.55. The van der Waals surface area contributed by atoms with Crippen molar-refractivity contribution in [2.24, 2.45) is 0 Å². The summed E-state index contributed by atoms with van der Waals surface area (Å²) in [6, 6.07) is 9.57. The van der Waals surface area contributed by atoms with E-state index < -0.39 is 0 Å². The Balaban J connectivity index is 2.06. The van der Waals surface area contributed by atoms with Crippen LogP contribution in [-0.2, 0) is 0 Å². The Morgan fingerprint density at radius 3 is 1.31 bits per heavy atom. The molecule has 142 valence electrons. The highest BCUT2D eigenvalue weighted by atomic mass is 31.1. The first kappa shape index (κ1) is 20.3. The monoisotopic (exact) mass is 386 g/mol. The van der Waals surface area contributed by atoms with Crippen LogP contribution in [0.25, 0.3) is 0 Å². The molecule has 2 unspecified atom stereocenters. The highest BCUT2D eigenvalue weighted by molar-refractivity contribution is 7.73. The molecule has 0 nitrogen and oxygen atoms in total. The van der Waals surface area contributed by atoms with Gasteiger partial charge in [0, 0.05) is 11.3 Å². The highest BCUT2D eigenvalue weighted by Gasteiger charge is 2.41. The molecule has 2 aliphatic rings. The Hall–Kier alpha value is -0.440. The van der Waals surface area contributed by atoms with Gasteiger partial charge in [0.05, 0.1) is 0 Å². The maximum absolute atomic E-state index is 2.51. The molecule has 0 amide bonds. The first-order chi connectivity index (χ1) is 12.2. The molecule has 0 bridgehead atoms. The molecule has 0 aliphatic carbocycles. The predicted octanol–water partition coefficient (Wildman–Crippen LogP) is 6.94. The summed E-state index contributed by atoms with van der Waals surface area (Å²) in [6.45, 7) is 19.3. The SMILES string of the molecule is CC(C)=C1C[C@H](C)P(c2ccccc2P2[C@@H](C)CC(=C(C)C)[C@@H]2C)[C@H]1C. The molecule has 2 saturated heterocycles. The van der Waals surface area contributed by atoms with E-state index in [0.717, 1.165) is 22.6 Å². The van der Waals surface area contributed by atoms with E-state index in [0.29, 0.717) is 0 Å². The largest absolute Gasteiger partial charge is 0.0766 e. The van der Waals surface area contributed by atoms with Crippen molar-refractivity contribution in [1.29, 1.82) is 0 Å². The van der Waals surface area contributed by atoms with Gasteiger partial charge in [0.1, 0.15) is 0 Å². The number of benzene rings is 1. The van der Waals surface area contributed by atoms with Crippen LogP contribution in [0.5, 0.6) is 0 Å². The minimum absolute atomic E-state index is 0.0967. The van der Waals surface area contributed by atoms with Gasteiger partial charge in [0.15, 0.2) is 0 Å². The summed E-state index contributed by atoms with van der Waals surface area (Å²) in [5, 5.41) is 3.47. The zero-order chi connectivity index (χ0) is 19.2. The van der Waals surface area contributed by atoms with Crippen LogP contribution < -0.4 is 10.6 Å². The molecule has 0 spiro atoms. The van der Waals surface area contributed by atoms with Gasteiger partial charge in [0.25, 0.3) is 0 Å². The van der Waals surface area contributed by atoms with Crippen molar-refractivity contribution in [3.63, 3.8) is 0 Å².